The maximum absolute atomic E-state index is 12.4. The van der Waals surface area contributed by atoms with Gasteiger partial charge < -0.3 is 5.32 Å². The Morgan fingerprint density at radius 2 is 2.21 bits per heavy atom. The van der Waals surface area contributed by atoms with E-state index in [2.05, 4.69) is 42.8 Å². The van der Waals surface area contributed by atoms with Crippen LogP contribution in [0, 0.1) is 13.8 Å². The first-order chi connectivity index (χ1) is 11.5. The van der Waals surface area contributed by atoms with E-state index in [9.17, 15) is 4.79 Å². The average Bonchev–Trinajstić information content (AvgIpc) is 3.18. The van der Waals surface area contributed by atoms with Crippen LogP contribution in [0.25, 0.3) is 0 Å². The third kappa shape index (κ3) is 3.73. The highest BCUT2D eigenvalue weighted by atomic mass is 79.9. The number of carbonyl (C=O) groups excluding carboxylic acids is 1. The Morgan fingerprint density at radius 1 is 1.38 bits per heavy atom. The number of thiophene rings is 1. The second-order valence-electron chi connectivity index (χ2n) is 5.55. The normalized spacial score (nSPS) is 12.1. The number of amides is 1. The molecular formula is C17H17BrN4OS. The van der Waals surface area contributed by atoms with Gasteiger partial charge in [0.25, 0.3) is 5.91 Å². The molecule has 1 N–H and O–H groups in total. The highest BCUT2D eigenvalue weighted by Gasteiger charge is 2.19. The Hall–Kier alpha value is -1.99. The first-order valence-corrected chi connectivity index (χ1v) is 9.22. The van der Waals surface area contributed by atoms with Crippen molar-refractivity contribution in [1.82, 2.24) is 20.1 Å². The van der Waals surface area contributed by atoms with Crippen molar-refractivity contribution >= 4 is 33.2 Å². The van der Waals surface area contributed by atoms with Gasteiger partial charge in [0.1, 0.15) is 0 Å². The van der Waals surface area contributed by atoms with Gasteiger partial charge in [-0.3, -0.25) is 14.5 Å². The summed E-state index contributed by atoms with van der Waals surface area (Å²) in [6.07, 6.45) is 3.21. The van der Waals surface area contributed by atoms with Gasteiger partial charge in [-0.1, -0.05) is 0 Å². The lowest BCUT2D eigenvalue weighted by Gasteiger charge is -2.19. The zero-order valence-corrected chi connectivity index (χ0v) is 15.8. The highest BCUT2D eigenvalue weighted by Crippen LogP contribution is 2.22. The minimum atomic E-state index is -0.148. The molecule has 1 unspecified atom stereocenters. The van der Waals surface area contributed by atoms with Gasteiger partial charge in [0.2, 0.25) is 0 Å². The maximum atomic E-state index is 12.4. The maximum Gasteiger partial charge on any atom is 0.252 e. The molecule has 3 aromatic rings. The first kappa shape index (κ1) is 16.9. The van der Waals surface area contributed by atoms with Crippen molar-refractivity contribution in [2.75, 3.05) is 6.54 Å². The lowest BCUT2D eigenvalue weighted by molar-refractivity contribution is 0.0948. The lowest BCUT2D eigenvalue weighted by atomic mass is 10.1. The zero-order chi connectivity index (χ0) is 17.1. The van der Waals surface area contributed by atoms with Crippen LogP contribution in [0.3, 0.4) is 0 Å². The van der Waals surface area contributed by atoms with E-state index in [-0.39, 0.29) is 11.9 Å². The van der Waals surface area contributed by atoms with Crippen molar-refractivity contribution in [1.29, 1.82) is 0 Å². The third-order valence-electron chi connectivity index (χ3n) is 3.69. The molecular weight excluding hydrogens is 388 g/mol. The largest absolute Gasteiger partial charge is 0.349 e. The minimum Gasteiger partial charge on any atom is -0.349 e. The molecule has 1 amide bonds. The monoisotopic (exact) mass is 404 g/mol. The average molecular weight is 405 g/mol. The fraction of sp³-hybridized carbons (Fsp3) is 0.235. The minimum absolute atomic E-state index is 0.0333. The van der Waals surface area contributed by atoms with Gasteiger partial charge in [-0.15, -0.1) is 0 Å². The molecule has 0 spiro atoms. The zero-order valence-electron chi connectivity index (χ0n) is 13.4. The lowest BCUT2D eigenvalue weighted by Crippen LogP contribution is -2.32. The summed E-state index contributed by atoms with van der Waals surface area (Å²) in [5.74, 6) is -0.148. The number of aromatic nitrogens is 3. The molecule has 7 heteroatoms. The van der Waals surface area contributed by atoms with Gasteiger partial charge >= 0.3 is 0 Å². The quantitative estimate of drug-likeness (QED) is 0.704. The van der Waals surface area contributed by atoms with Crippen LogP contribution in [0.5, 0.6) is 0 Å². The van der Waals surface area contributed by atoms with Crippen LogP contribution in [0.1, 0.15) is 33.4 Å². The Bertz CT molecular complexity index is 844. The Balaban J connectivity index is 1.80. The van der Waals surface area contributed by atoms with Crippen LogP contribution in [-0.2, 0) is 0 Å². The van der Waals surface area contributed by atoms with E-state index in [1.54, 1.807) is 29.8 Å². The van der Waals surface area contributed by atoms with E-state index in [1.807, 2.05) is 30.0 Å². The molecule has 5 nitrogen and oxygen atoms in total. The molecule has 0 aliphatic carbocycles. The summed E-state index contributed by atoms with van der Waals surface area (Å²) in [6.45, 7) is 4.46. The smallest absolute Gasteiger partial charge is 0.252 e. The summed E-state index contributed by atoms with van der Waals surface area (Å²) in [5.41, 5.74) is 3.71. The highest BCUT2D eigenvalue weighted by molar-refractivity contribution is 9.10. The number of pyridine rings is 1. The van der Waals surface area contributed by atoms with Crippen molar-refractivity contribution in [3.63, 3.8) is 0 Å². The molecule has 0 aliphatic rings. The molecule has 0 aromatic carbocycles. The van der Waals surface area contributed by atoms with Crippen molar-refractivity contribution in [3.05, 3.63) is 68.3 Å². The van der Waals surface area contributed by atoms with E-state index < -0.39 is 0 Å². The van der Waals surface area contributed by atoms with Gasteiger partial charge in [0.15, 0.2) is 0 Å². The molecule has 3 rings (SSSR count). The van der Waals surface area contributed by atoms with Crippen molar-refractivity contribution in [2.45, 2.75) is 19.9 Å². The van der Waals surface area contributed by atoms with E-state index in [4.69, 9.17) is 0 Å². The molecule has 0 saturated heterocycles. The van der Waals surface area contributed by atoms with E-state index in [1.165, 1.54) is 0 Å². The summed E-state index contributed by atoms with van der Waals surface area (Å²) < 4.78 is 2.75. The predicted octanol–water partition coefficient (Wildman–Crippen LogP) is 3.74. The summed E-state index contributed by atoms with van der Waals surface area (Å²) in [5, 5.41) is 11.7. The molecule has 0 aliphatic heterocycles. The second kappa shape index (κ2) is 7.27. The van der Waals surface area contributed by atoms with E-state index in [0.717, 1.165) is 21.4 Å². The molecule has 0 radical (unpaired) electrons. The van der Waals surface area contributed by atoms with Crippen LogP contribution < -0.4 is 5.32 Å². The molecule has 0 fully saturated rings. The number of hydrogen-bond donors (Lipinski definition) is 1. The number of aryl methyl sites for hydroxylation is 2. The molecule has 124 valence electrons. The predicted molar refractivity (Wildman–Crippen MR) is 98.4 cm³/mol. The number of nitrogens with zero attached hydrogens (tertiary/aromatic N) is 3. The summed E-state index contributed by atoms with van der Waals surface area (Å²) in [6, 6.07) is 5.83. The number of carbonyl (C=O) groups is 1. The van der Waals surface area contributed by atoms with Crippen LogP contribution in [0.15, 0.2) is 45.8 Å². The molecule has 3 heterocycles. The first-order valence-electron chi connectivity index (χ1n) is 7.48. The topological polar surface area (TPSA) is 59.8 Å². The van der Waals surface area contributed by atoms with Crippen molar-refractivity contribution in [3.8, 4) is 0 Å². The fourth-order valence-electron chi connectivity index (χ4n) is 2.60. The van der Waals surface area contributed by atoms with Gasteiger partial charge in [-0.05, 0) is 64.3 Å². The van der Waals surface area contributed by atoms with Crippen LogP contribution in [-0.4, -0.2) is 27.2 Å². The van der Waals surface area contributed by atoms with E-state index >= 15 is 0 Å². The fourth-order valence-corrected chi connectivity index (χ4v) is 3.67. The molecule has 1 atom stereocenters. The van der Waals surface area contributed by atoms with Crippen molar-refractivity contribution < 1.29 is 4.79 Å². The van der Waals surface area contributed by atoms with Crippen molar-refractivity contribution in [2.24, 2.45) is 0 Å². The van der Waals surface area contributed by atoms with E-state index in [0.29, 0.717) is 12.1 Å². The van der Waals surface area contributed by atoms with Crippen LogP contribution >= 0.6 is 27.3 Å². The van der Waals surface area contributed by atoms with Gasteiger partial charge in [0.05, 0.1) is 17.3 Å². The molecule has 24 heavy (non-hydrogen) atoms. The third-order valence-corrected chi connectivity index (χ3v) is 4.83. The Labute approximate surface area is 152 Å². The second-order valence-corrected chi connectivity index (χ2v) is 7.24. The van der Waals surface area contributed by atoms with Gasteiger partial charge in [0, 0.05) is 29.1 Å². The van der Waals surface area contributed by atoms with Crippen LogP contribution in [0.2, 0.25) is 0 Å². The van der Waals surface area contributed by atoms with Crippen LogP contribution in [0.4, 0.5) is 0 Å². The molecule has 0 bridgehead atoms. The SMILES string of the molecule is Cc1cc(C)n(C(CNC(=O)c2cncc(Br)c2)c2ccsc2)n1. The summed E-state index contributed by atoms with van der Waals surface area (Å²) in [7, 11) is 0. The number of hydrogen-bond acceptors (Lipinski definition) is 4. The standard InChI is InChI=1S/C17H17BrN4OS/c1-11-5-12(2)22(21-11)16(13-3-4-24-10-13)9-20-17(23)14-6-15(18)8-19-7-14/h3-8,10,16H,9H2,1-2H3,(H,20,23). The van der Waals surface area contributed by atoms with Gasteiger partial charge in [-0.25, -0.2) is 0 Å². The van der Waals surface area contributed by atoms with Gasteiger partial charge in [-0.2, -0.15) is 16.4 Å². The molecule has 3 aromatic heterocycles. The summed E-state index contributed by atoms with van der Waals surface area (Å²) in [4.78, 5) is 16.4. The Kier molecular flexibility index (Phi) is 5.11. The molecule has 0 saturated carbocycles. The number of nitrogens with one attached hydrogen (secondary N) is 1. The number of halogens is 1. The summed E-state index contributed by atoms with van der Waals surface area (Å²) >= 11 is 4.97. The Morgan fingerprint density at radius 3 is 2.83 bits per heavy atom. The number of rotatable bonds is 5.